The van der Waals surface area contributed by atoms with E-state index in [1.807, 2.05) is 4.90 Å². The van der Waals surface area contributed by atoms with Gasteiger partial charge in [0.1, 0.15) is 0 Å². The number of hydrogen-bond donors (Lipinski definition) is 3. The van der Waals surface area contributed by atoms with Gasteiger partial charge in [-0.1, -0.05) is 0 Å². The van der Waals surface area contributed by atoms with Crippen LogP contribution in [0.2, 0.25) is 0 Å². The fraction of sp³-hybridized carbons (Fsp3) is 1.00. The molecule has 0 aliphatic carbocycles. The number of aliphatic hydroxyl groups is 3. The summed E-state index contributed by atoms with van der Waals surface area (Å²) in [5.41, 5.74) is 0. The van der Waals surface area contributed by atoms with Crippen molar-refractivity contribution in [1.29, 1.82) is 0 Å². The summed E-state index contributed by atoms with van der Waals surface area (Å²) in [7, 11) is 0. The molecule has 2 saturated heterocycles. The maximum absolute atomic E-state index is 9.55. The van der Waals surface area contributed by atoms with Crippen molar-refractivity contribution >= 4 is 12.4 Å². The molecular weight excluding hydrogens is 194 g/mol. The lowest BCUT2D eigenvalue weighted by Crippen LogP contribution is -2.48. The second-order valence-electron chi connectivity index (χ2n) is 3.75. The first-order valence-corrected chi connectivity index (χ1v) is 4.48. The number of piperidine rings is 1. The zero-order valence-corrected chi connectivity index (χ0v) is 8.15. The molecule has 4 nitrogen and oxygen atoms in total. The number of hydrogen-bond acceptors (Lipinski definition) is 4. The number of rotatable bonds is 0. The van der Waals surface area contributed by atoms with E-state index in [-0.39, 0.29) is 18.4 Å². The Labute approximate surface area is 83.6 Å². The zero-order valence-electron chi connectivity index (χ0n) is 7.33. The summed E-state index contributed by atoms with van der Waals surface area (Å²) in [6.07, 6.45) is -0.212. The van der Waals surface area contributed by atoms with E-state index in [1.54, 1.807) is 0 Å². The lowest BCUT2D eigenvalue weighted by molar-refractivity contribution is -0.0282. The van der Waals surface area contributed by atoms with Crippen LogP contribution in [0.5, 0.6) is 0 Å². The molecule has 78 valence electrons. The van der Waals surface area contributed by atoms with Gasteiger partial charge in [0.05, 0.1) is 24.4 Å². The van der Waals surface area contributed by atoms with Crippen LogP contribution in [0.4, 0.5) is 0 Å². The average molecular weight is 210 g/mol. The van der Waals surface area contributed by atoms with Crippen LogP contribution in [-0.4, -0.2) is 57.7 Å². The Morgan fingerprint density at radius 3 is 2.38 bits per heavy atom. The third-order valence-corrected chi connectivity index (χ3v) is 2.93. The molecule has 3 N–H and O–H groups in total. The van der Waals surface area contributed by atoms with E-state index in [1.165, 1.54) is 0 Å². The number of nitrogens with zero attached hydrogens (tertiary/aromatic N) is 1. The normalized spacial score (nSPS) is 45.5. The molecule has 13 heavy (non-hydrogen) atoms. The Morgan fingerprint density at radius 2 is 1.77 bits per heavy atom. The van der Waals surface area contributed by atoms with Crippen molar-refractivity contribution < 1.29 is 15.3 Å². The van der Waals surface area contributed by atoms with Gasteiger partial charge in [-0.15, -0.1) is 12.4 Å². The Balaban J connectivity index is 0.000000845. The molecule has 0 amide bonds. The largest absolute Gasteiger partial charge is 0.391 e. The molecule has 2 heterocycles. The summed E-state index contributed by atoms with van der Waals surface area (Å²) in [4.78, 5) is 1.98. The predicted molar refractivity (Wildman–Crippen MR) is 49.9 cm³/mol. The third-order valence-electron chi connectivity index (χ3n) is 2.93. The van der Waals surface area contributed by atoms with Crippen molar-refractivity contribution in [1.82, 2.24) is 4.90 Å². The highest BCUT2D eigenvalue weighted by Crippen LogP contribution is 2.27. The molecule has 2 rings (SSSR count). The molecule has 0 aromatic carbocycles. The van der Waals surface area contributed by atoms with Gasteiger partial charge in [0, 0.05) is 6.54 Å². The van der Waals surface area contributed by atoms with E-state index >= 15 is 0 Å². The SMILES string of the molecule is Cl.OC1CN2CCC[C@@H](O)[C@@H]2C1O. The van der Waals surface area contributed by atoms with Gasteiger partial charge in [-0.05, 0) is 19.4 Å². The minimum Gasteiger partial charge on any atom is -0.391 e. The lowest BCUT2D eigenvalue weighted by Gasteiger charge is -2.34. The highest BCUT2D eigenvalue weighted by atomic mass is 35.5. The fourth-order valence-electron chi connectivity index (χ4n) is 2.30. The van der Waals surface area contributed by atoms with Gasteiger partial charge in [-0.25, -0.2) is 0 Å². The number of aliphatic hydroxyl groups excluding tert-OH is 3. The van der Waals surface area contributed by atoms with Crippen molar-refractivity contribution in [2.75, 3.05) is 13.1 Å². The first kappa shape index (κ1) is 11.2. The second kappa shape index (κ2) is 4.11. The van der Waals surface area contributed by atoms with Gasteiger partial charge >= 0.3 is 0 Å². The van der Waals surface area contributed by atoms with Crippen LogP contribution in [-0.2, 0) is 0 Å². The average Bonchev–Trinajstić information content (AvgIpc) is 2.29. The van der Waals surface area contributed by atoms with Gasteiger partial charge in [-0.2, -0.15) is 0 Å². The van der Waals surface area contributed by atoms with Crippen molar-refractivity contribution in [3.8, 4) is 0 Å². The van der Waals surface area contributed by atoms with E-state index in [9.17, 15) is 15.3 Å². The van der Waals surface area contributed by atoms with Gasteiger partial charge in [0.15, 0.2) is 0 Å². The summed E-state index contributed by atoms with van der Waals surface area (Å²) in [5, 5.41) is 28.4. The van der Waals surface area contributed by atoms with Crippen LogP contribution in [0.25, 0.3) is 0 Å². The molecule has 0 aromatic heterocycles. The van der Waals surface area contributed by atoms with Crippen molar-refractivity contribution in [2.24, 2.45) is 0 Å². The van der Waals surface area contributed by atoms with Gasteiger partial charge in [0.2, 0.25) is 0 Å². The Bertz CT molecular complexity index is 181. The van der Waals surface area contributed by atoms with Crippen molar-refractivity contribution in [3.05, 3.63) is 0 Å². The monoisotopic (exact) mass is 209 g/mol. The van der Waals surface area contributed by atoms with Crippen molar-refractivity contribution in [2.45, 2.75) is 37.2 Å². The predicted octanol–water partition coefficient (Wildman–Crippen LogP) is -1.03. The van der Waals surface area contributed by atoms with Crippen LogP contribution < -0.4 is 0 Å². The highest BCUT2D eigenvalue weighted by Gasteiger charge is 2.45. The quantitative estimate of drug-likeness (QED) is 0.478. The molecule has 0 aromatic rings. The fourth-order valence-corrected chi connectivity index (χ4v) is 2.30. The Hall–Kier alpha value is 0.130. The standard InChI is InChI=1S/C8H15NO3.ClH/c10-5-2-1-3-9-4-6(11)8(12)7(5)9;/h5-8,10-12H,1-4H2;1H/t5-,6?,7-,8?;/m1./s1. The van der Waals surface area contributed by atoms with Gasteiger partial charge < -0.3 is 15.3 Å². The summed E-state index contributed by atoms with van der Waals surface area (Å²) in [5.74, 6) is 0. The second-order valence-corrected chi connectivity index (χ2v) is 3.75. The van der Waals surface area contributed by atoms with E-state index < -0.39 is 18.3 Å². The van der Waals surface area contributed by atoms with E-state index in [0.29, 0.717) is 6.54 Å². The van der Waals surface area contributed by atoms with Crippen LogP contribution in [0.1, 0.15) is 12.8 Å². The smallest absolute Gasteiger partial charge is 0.0991 e. The minimum absolute atomic E-state index is 0. The van der Waals surface area contributed by atoms with Crippen LogP contribution in [0, 0.1) is 0 Å². The summed E-state index contributed by atoms with van der Waals surface area (Å²) in [6, 6.07) is -0.228. The minimum atomic E-state index is -0.764. The zero-order chi connectivity index (χ0) is 8.72. The van der Waals surface area contributed by atoms with E-state index in [4.69, 9.17) is 0 Å². The van der Waals surface area contributed by atoms with Crippen LogP contribution in [0.3, 0.4) is 0 Å². The van der Waals surface area contributed by atoms with E-state index in [2.05, 4.69) is 0 Å². The van der Waals surface area contributed by atoms with E-state index in [0.717, 1.165) is 19.4 Å². The molecule has 5 heteroatoms. The molecule has 0 radical (unpaired) electrons. The molecular formula is C8H16ClNO3. The molecule has 2 fully saturated rings. The molecule has 0 bridgehead atoms. The third kappa shape index (κ3) is 1.82. The molecule has 0 spiro atoms. The first-order chi connectivity index (χ1) is 5.70. The first-order valence-electron chi connectivity index (χ1n) is 4.48. The van der Waals surface area contributed by atoms with Gasteiger partial charge in [0.25, 0.3) is 0 Å². The maximum atomic E-state index is 9.55. The highest BCUT2D eigenvalue weighted by molar-refractivity contribution is 5.85. The molecule has 2 unspecified atom stereocenters. The lowest BCUT2D eigenvalue weighted by atomic mass is 9.97. The Kier molecular flexibility index (Phi) is 3.54. The van der Waals surface area contributed by atoms with Crippen LogP contribution in [0.15, 0.2) is 0 Å². The van der Waals surface area contributed by atoms with Crippen molar-refractivity contribution in [3.63, 3.8) is 0 Å². The number of fused-ring (bicyclic) bond motifs is 1. The molecule has 2 aliphatic rings. The summed E-state index contributed by atoms with van der Waals surface area (Å²) >= 11 is 0. The Morgan fingerprint density at radius 1 is 1.08 bits per heavy atom. The van der Waals surface area contributed by atoms with Crippen LogP contribution >= 0.6 is 12.4 Å². The molecule has 4 atom stereocenters. The molecule has 2 aliphatic heterocycles. The maximum Gasteiger partial charge on any atom is 0.0991 e. The summed E-state index contributed by atoms with van der Waals surface area (Å²) < 4.78 is 0. The molecule has 0 saturated carbocycles. The number of halogens is 1. The topological polar surface area (TPSA) is 63.9 Å². The van der Waals surface area contributed by atoms with Gasteiger partial charge in [-0.3, -0.25) is 4.90 Å². The summed E-state index contributed by atoms with van der Waals surface area (Å²) in [6.45, 7) is 1.39.